The number of esters is 3. The fraction of sp³-hybridized carbons (Fsp3) is 0.941. The van der Waals surface area contributed by atoms with Gasteiger partial charge in [0, 0.05) is 19.3 Å². The molecule has 0 N–H and O–H groups in total. The molecule has 0 fully saturated rings. The highest BCUT2D eigenvalue weighted by atomic mass is 16.6. The van der Waals surface area contributed by atoms with Crippen molar-refractivity contribution >= 4 is 17.9 Å². The third-order valence-corrected chi connectivity index (χ3v) is 11.5. The fourth-order valence-electron chi connectivity index (χ4n) is 7.69. The Kier molecular flexibility index (Phi) is 44.2. The van der Waals surface area contributed by atoms with Crippen LogP contribution in [0.4, 0.5) is 0 Å². The van der Waals surface area contributed by atoms with Crippen LogP contribution in [0, 0.1) is 5.92 Å². The topological polar surface area (TPSA) is 78.9 Å². The smallest absolute Gasteiger partial charge is 0.306 e. The van der Waals surface area contributed by atoms with Crippen LogP contribution in [0.15, 0.2) is 0 Å². The lowest BCUT2D eigenvalue weighted by molar-refractivity contribution is -0.167. The normalized spacial score (nSPS) is 11.9. The zero-order chi connectivity index (χ0) is 41.7. The quantitative estimate of drug-likeness (QED) is 0.0346. The van der Waals surface area contributed by atoms with Gasteiger partial charge in [0.2, 0.25) is 0 Å². The first-order valence-corrected chi connectivity index (χ1v) is 25.4. The van der Waals surface area contributed by atoms with Gasteiger partial charge in [-0.1, -0.05) is 246 Å². The molecular formula is C51H98O6. The summed E-state index contributed by atoms with van der Waals surface area (Å²) in [6, 6.07) is 0. The molecule has 0 aliphatic rings. The largest absolute Gasteiger partial charge is 0.462 e. The van der Waals surface area contributed by atoms with Crippen molar-refractivity contribution in [3.8, 4) is 0 Å². The molecule has 57 heavy (non-hydrogen) atoms. The molecule has 0 aliphatic carbocycles. The minimum atomic E-state index is -0.758. The van der Waals surface area contributed by atoms with Crippen molar-refractivity contribution in [1.82, 2.24) is 0 Å². The summed E-state index contributed by atoms with van der Waals surface area (Å²) >= 11 is 0. The van der Waals surface area contributed by atoms with Crippen LogP contribution in [-0.4, -0.2) is 37.2 Å². The molecule has 0 spiro atoms. The van der Waals surface area contributed by atoms with Crippen LogP contribution in [0.2, 0.25) is 0 Å². The second-order valence-corrected chi connectivity index (χ2v) is 17.9. The monoisotopic (exact) mass is 807 g/mol. The summed E-state index contributed by atoms with van der Waals surface area (Å²) in [6.45, 7) is 9.00. The lowest BCUT2D eigenvalue weighted by Gasteiger charge is -2.18. The summed E-state index contributed by atoms with van der Waals surface area (Å²) in [7, 11) is 0. The zero-order valence-corrected chi connectivity index (χ0v) is 38.8. The molecule has 6 heteroatoms. The number of carbonyl (C=O) groups excluding carboxylic acids is 3. The van der Waals surface area contributed by atoms with Crippen molar-refractivity contribution in [2.45, 2.75) is 291 Å². The van der Waals surface area contributed by atoms with Gasteiger partial charge in [0.1, 0.15) is 13.2 Å². The Morgan fingerprint density at radius 1 is 0.333 bits per heavy atom. The first kappa shape index (κ1) is 55.4. The summed E-state index contributed by atoms with van der Waals surface area (Å²) in [6.07, 6.45) is 46.7. The Morgan fingerprint density at radius 2 is 0.579 bits per heavy atom. The molecule has 0 aliphatic heterocycles. The van der Waals surface area contributed by atoms with E-state index < -0.39 is 6.10 Å². The lowest BCUT2D eigenvalue weighted by Crippen LogP contribution is -2.30. The molecule has 0 bridgehead atoms. The van der Waals surface area contributed by atoms with Crippen LogP contribution < -0.4 is 0 Å². The van der Waals surface area contributed by atoms with Crippen LogP contribution in [0.3, 0.4) is 0 Å². The van der Waals surface area contributed by atoms with Crippen LogP contribution in [0.25, 0.3) is 0 Å². The maximum absolute atomic E-state index is 12.7. The highest BCUT2D eigenvalue weighted by Gasteiger charge is 2.19. The maximum atomic E-state index is 12.7. The number of ether oxygens (including phenoxy) is 3. The van der Waals surface area contributed by atoms with Crippen LogP contribution in [0.1, 0.15) is 285 Å². The first-order chi connectivity index (χ1) is 27.9. The number of hydrogen-bond donors (Lipinski definition) is 0. The molecule has 6 nitrogen and oxygen atoms in total. The average Bonchev–Trinajstić information content (AvgIpc) is 3.19. The SMILES string of the molecule is CCCCCCCCCCCCCCCC(=O)O[C@@H](COC(=O)CCCCCCCCC)COC(=O)CCCCCCCCCCCCCCCCCCC(C)C. The van der Waals surface area contributed by atoms with Gasteiger partial charge in [0.15, 0.2) is 6.10 Å². The van der Waals surface area contributed by atoms with Crippen molar-refractivity contribution < 1.29 is 28.6 Å². The molecule has 1 atom stereocenters. The Labute approximate surface area is 355 Å². The number of unbranched alkanes of at least 4 members (excludes halogenated alkanes) is 33. The van der Waals surface area contributed by atoms with Crippen LogP contribution in [-0.2, 0) is 28.6 Å². The maximum Gasteiger partial charge on any atom is 0.306 e. The standard InChI is InChI=1S/C51H98O6/c1-5-7-9-11-13-14-15-20-25-28-32-36-40-44-51(54)57-48(45-55-49(52)42-38-34-29-12-10-8-6-2)46-56-50(53)43-39-35-31-27-24-22-19-17-16-18-21-23-26-30-33-37-41-47(3)4/h47-48H,5-46H2,1-4H3/t48-/m0/s1. The van der Waals surface area contributed by atoms with E-state index in [4.69, 9.17) is 14.2 Å². The van der Waals surface area contributed by atoms with Gasteiger partial charge in [0.25, 0.3) is 0 Å². The Morgan fingerprint density at radius 3 is 0.860 bits per heavy atom. The van der Waals surface area contributed by atoms with Crippen LogP contribution >= 0.6 is 0 Å². The molecule has 0 radical (unpaired) electrons. The van der Waals surface area contributed by atoms with Crippen molar-refractivity contribution in [3.63, 3.8) is 0 Å². The third kappa shape index (κ3) is 45.3. The molecule has 0 aromatic carbocycles. The zero-order valence-electron chi connectivity index (χ0n) is 38.8. The van der Waals surface area contributed by atoms with Gasteiger partial charge in [-0.2, -0.15) is 0 Å². The predicted molar refractivity (Wildman–Crippen MR) is 243 cm³/mol. The van der Waals surface area contributed by atoms with Gasteiger partial charge >= 0.3 is 17.9 Å². The van der Waals surface area contributed by atoms with Crippen molar-refractivity contribution in [2.75, 3.05) is 13.2 Å². The molecule has 0 aromatic rings. The summed E-state index contributed by atoms with van der Waals surface area (Å²) in [4.78, 5) is 37.7. The first-order valence-electron chi connectivity index (χ1n) is 25.4. The van der Waals surface area contributed by atoms with Crippen molar-refractivity contribution in [3.05, 3.63) is 0 Å². The number of rotatable bonds is 46. The second-order valence-electron chi connectivity index (χ2n) is 17.9. The average molecular weight is 807 g/mol. The number of carbonyl (C=O) groups is 3. The predicted octanol–water partition coefficient (Wildman–Crippen LogP) is 16.3. The van der Waals surface area contributed by atoms with E-state index in [9.17, 15) is 14.4 Å². The lowest BCUT2D eigenvalue weighted by atomic mass is 10.0. The van der Waals surface area contributed by atoms with Crippen molar-refractivity contribution in [1.29, 1.82) is 0 Å². The highest BCUT2D eigenvalue weighted by Crippen LogP contribution is 2.17. The van der Waals surface area contributed by atoms with E-state index in [1.165, 1.54) is 180 Å². The molecule has 0 rings (SSSR count). The van der Waals surface area contributed by atoms with E-state index in [1.807, 2.05) is 0 Å². The van der Waals surface area contributed by atoms with Gasteiger partial charge in [-0.15, -0.1) is 0 Å². The second kappa shape index (κ2) is 45.5. The van der Waals surface area contributed by atoms with E-state index in [0.717, 1.165) is 63.7 Å². The Bertz CT molecular complexity index is 857. The Hall–Kier alpha value is -1.59. The van der Waals surface area contributed by atoms with E-state index in [1.54, 1.807) is 0 Å². The van der Waals surface area contributed by atoms with E-state index in [2.05, 4.69) is 27.7 Å². The van der Waals surface area contributed by atoms with Gasteiger partial charge in [-0.25, -0.2) is 0 Å². The third-order valence-electron chi connectivity index (χ3n) is 11.5. The van der Waals surface area contributed by atoms with Gasteiger partial charge < -0.3 is 14.2 Å². The molecule has 0 heterocycles. The minimum Gasteiger partial charge on any atom is -0.462 e. The molecule has 338 valence electrons. The molecular weight excluding hydrogens is 709 g/mol. The number of hydrogen-bond acceptors (Lipinski definition) is 6. The summed E-state index contributed by atoms with van der Waals surface area (Å²) in [5.74, 6) is 0.000434. The van der Waals surface area contributed by atoms with Gasteiger partial charge in [-0.05, 0) is 25.2 Å². The molecule has 0 amide bonds. The van der Waals surface area contributed by atoms with E-state index in [0.29, 0.717) is 19.3 Å². The fourth-order valence-corrected chi connectivity index (χ4v) is 7.69. The summed E-state index contributed by atoms with van der Waals surface area (Å²) in [5.41, 5.74) is 0. The minimum absolute atomic E-state index is 0.0632. The molecule has 0 unspecified atom stereocenters. The summed E-state index contributed by atoms with van der Waals surface area (Å²) in [5, 5.41) is 0. The van der Waals surface area contributed by atoms with E-state index >= 15 is 0 Å². The van der Waals surface area contributed by atoms with Gasteiger partial charge in [0.05, 0.1) is 0 Å². The summed E-state index contributed by atoms with van der Waals surface area (Å²) < 4.78 is 16.7. The highest BCUT2D eigenvalue weighted by molar-refractivity contribution is 5.71. The van der Waals surface area contributed by atoms with Gasteiger partial charge in [-0.3, -0.25) is 14.4 Å². The molecule has 0 saturated heterocycles. The van der Waals surface area contributed by atoms with Crippen molar-refractivity contribution in [2.24, 2.45) is 5.92 Å². The molecule has 0 saturated carbocycles. The van der Waals surface area contributed by atoms with E-state index in [-0.39, 0.29) is 31.1 Å². The molecule has 0 aromatic heterocycles. The van der Waals surface area contributed by atoms with Crippen LogP contribution in [0.5, 0.6) is 0 Å². The Balaban J connectivity index is 4.16.